The van der Waals surface area contributed by atoms with Gasteiger partial charge in [0, 0.05) is 19.4 Å². The van der Waals surface area contributed by atoms with Gasteiger partial charge in [-0.25, -0.2) is 0 Å². The molecule has 4 nitrogen and oxygen atoms in total. The molecular weight excluding hydrogens is 393 g/mol. The Labute approximate surface area is 181 Å². The number of hydrogen-bond donors (Lipinski definition) is 1. The highest BCUT2D eigenvalue weighted by Crippen LogP contribution is 2.69. The number of rotatable bonds is 6. The molecule has 0 saturated carbocycles. The molecule has 0 radical (unpaired) electrons. The van der Waals surface area contributed by atoms with E-state index in [2.05, 4.69) is 74.6 Å². The van der Waals surface area contributed by atoms with Crippen LogP contribution in [0.2, 0.25) is 0 Å². The maximum Gasteiger partial charge on any atom is 0.265 e. The van der Waals surface area contributed by atoms with Gasteiger partial charge in [-0.1, -0.05) is 55.5 Å². The number of para-hydroxylation sites is 1. The molecule has 0 bridgehead atoms. The van der Waals surface area contributed by atoms with Crippen LogP contribution in [0.15, 0.2) is 48.5 Å². The van der Waals surface area contributed by atoms with Crippen molar-refractivity contribution >= 4 is 25.3 Å². The SMILES string of the molecule is CCC(C(=O)Nc1c(C)cccc1C)[P+]1(Cc2ccccc2)CCCCC1.O=C[O-]. The van der Waals surface area contributed by atoms with Gasteiger partial charge in [-0.2, -0.15) is 0 Å². The summed E-state index contributed by atoms with van der Waals surface area (Å²) in [4.78, 5) is 21.7. The van der Waals surface area contributed by atoms with Crippen molar-refractivity contribution in [1.82, 2.24) is 0 Å². The van der Waals surface area contributed by atoms with Crippen molar-refractivity contribution in [2.75, 3.05) is 17.6 Å². The van der Waals surface area contributed by atoms with Crippen LogP contribution >= 0.6 is 7.26 Å². The molecule has 5 heteroatoms. The van der Waals surface area contributed by atoms with Crippen LogP contribution in [0, 0.1) is 13.8 Å². The molecule has 162 valence electrons. The topological polar surface area (TPSA) is 69.2 Å². The lowest BCUT2D eigenvalue weighted by molar-refractivity contribution is -0.283. The second-order valence-electron chi connectivity index (χ2n) is 8.15. The van der Waals surface area contributed by atoms with Gasteiger partial charge in [0.15, 0.2) is 0 Å². The Morgan fingerprint density at radius 2 is 1.60 bits per heavy atom. The summed E-state index contributed by atoms with van der Waals surface area (Å²) in [5.74, 6) is 0.251. The molecule has 1 aliphatic heterocycles. The molecule has 1 unspecified atom stereocenters. The van der Waals surface area contributed by atoms with Gasteiger partial charge in [0.2, 0.25) is 0 Å². The van der Waals surface area contributed by atoms with Gasteiger partial charge < -0.3 is 15.2 Å². The highest BCUT2D eigenvalue weighted by Gasteiger charge is 2.49. The van der Waals surface area contributed by atoms with Crippen molar-refractivity contribution in [2.24, 2.45) is 0 Å². The molecule has 1 atom stereocenters. The van der Waals surface area contributed by atoms with Crippen molar-refractivity contribution in [3.8, 4) is 0 Å². The van der Waals surface area contributed by atoms with Crippen LogP contribution in [-0.2, 0) is 15.8 Å². The highest BCUT2D eigenvalue weighted by molar-refractivity contribution is 7.76. The highest BCUT2D eigenvalue weighted by atomic mass is 31.2. The minimum absolute atomic E-state index is 0.164. The molecule has 2 aromatic carbocycles. The third kappa shape index (κ3) is 6.15. The summed E-state index contributed by atoms with van der Waals surface area (Å²) >= 11 is 0. The number of amides is 1. The van der Waals surface area contributed by atoms with E-state index in [1.165, 1.54) is 37.1 Å². The van der Waals surface area contributed by atoms with Gasteiger partial charge in [0.1, 0.15) is 5.66 Å². The molecule has 3 rings (SSSR count). The summed E-state index contributed by atoms with van der Waals surface area (Å²) in [7, 11) is -1.36. The molecule has 1 heterocycles. The first-order chi connectivity index (χ1) is 14.5. The number of carboxylic acid groups (broad SMARTS) is 1. The fraction of sp³-hybridized carbons (Fsp3) is 0.440. The lowest BCUT2D eigenvalue weighted by Crippen LogP contribution is -2.34. The number of hydrogen-bond acceptors (Lipinski definition) is 3. The van der Waals surface area contributed by atoms with Crippen molar-refractivity contribution in [3.05, 3.63) is 65.2 Å². The van der Waals surface area contributed by atoms with E-state index >= 15 is 0 Å². The van der Waals surface area contributed by atoms with Crippen LogP contribution in [0.5, 0.6) is 0 Å². The number of carbonyl (C=O) groups excluding carboxylic acids is 2. The quantitative estimate of drug-likeness (QED) is 0.532. The van der Waals surface area contributed by atoms with Crippen LogP contribution in [0.25, 0.3) is 0 Å². The van der Waals surface area contributed by atoms with Gasteiger partial charge in [-0.15, -0.1) is 0 Å². The van der Waals surface area contributed by atoms with Crippen LogP contribution < -0.4 is 10.4 Å². The van der Waals surface area contributed by atoms with Crippen molar-refractivity contribution in [3.63, 3.8) is 0 Å². The van der Waals surface area contributed by atoms with Crippen LogP contribution in [0.1, 0.15) is 49.3 Å². The zero-order valence-electron chi connectivity index (χ0n) is 18.4. The van der Waals surface area contributed by atoms with Crippen molar-refractivity contribution < 1.29 is 14.7 Å². The van der Waals surface area contributed by atoms with E-state index in [0.717, 1.165) is 29.4 Å². The molecule has 0 aromatic heterocycles. The molecule has 2 aromatic rings. The Morgan fingerprint density at radius 1 is 1.03 bits per heavy atom. The van der Waals surface area contributed by atoms with Crippen molar-refractivity contribution in [2.45, 2.75) is 58.3 Å². The monoisotopic (exact) mass is 427 g/mol. The normalized spacial score (nSPS) is 16.0. The average molecular weight is 428 g/mol. The third-order valence-corrected chi connectivity index (χ3v) is 11.5. The van der Waals surface area contributed by atoms with Gasteiger partial charge >= 0.3 is 0 Å². The molecule has 0 aliphatic carbocycles. The van der Waals surface area contributed by atoms with E-state index in [1.807, 2.05) is 0 Å². The van der Waals surface area contributed by atoms with Crippen molar-refractivity contribution in [1.29, 1.82) is 0 Å². The Kier molecular flexibility index (Phi) is 9.52. The summed E-state index contributed by atoms with van der Waals surface area (Å²) in [6.45, 7) is 5.87. The van der Waals surface area contributed by atoms with Gasteiger partial charge in [-0.3, -0.25) is 4.79 Å². The number of carbonyl (C=O) groups is 2. The second kappa shape index (κ2) is 11.9. The zero-order chi connectivity index (χ0) is 22.0. The molecule has 1 aliphatic rings. The van der Waals surface area contributed by atoms with E-state index in [1.54, 1.807) is 0 Å². The molecule has 1 N–H and O–H groups in total. The molecule has 1 fully saturated rings. The predicted octanol–water partition coefficient (Wildman–Crippen LogP) is 4.79. The smallest absolute Gasteiger partial charge is 0.265 e. The Hall–Kier alpha value is -2.19. The third-order valence-electron chi connectivity index (χ3n) is 6.13. The first-order valence-electron chi connectivity index (χ1n) is 10.8. The van der Waals surface area contributed by atoms with Gasteiger partial charge in [0.25, 0.3) is 5.91 Å². The minimum atomic E-state index is -1.36. The number of aryl methyl sites for hydroxylation is 2. The number of nitrogens with one attached hydrogen (secondary N) is 1. The molecule has 1 saturated heterocycles. The molecule has 0 spiro atoms. The second-order valence-corrected chi connectivity index (χ2v) is 12.4. The number of benzene rings is 2. The average Bonchev–Trinajstić information content (AvgIpc) is 2.73. The molecular formula is C25H34NO3P. The van der Waals surface area contributed by atoms with Crippen LogP contribution in [0.4, 0.5) is 5.69 Å². The molecule has 30 heavy (non-hydrogen) atoms. The Bertz CT molecular complexity index is 796. The largest absolute Gasteiger partial charge is 0.554 e. The van der Waals surface area contributed by atoms with Crippen LogP contribution in [0.3, 0.4) is 0 Å². The lowest BCUT2D eigenvalue weighted by Gasteiger charge is -2.36. The van der Waals surface area contributed by atoms with Crippen LogP contribution in [-0.4, -0.2) is 30.4 Å². The van der Waals surface area contributed by atoms with E-state index in [4.69, 9.17) is 9.90 Å². The zero-order valence-corrected chi connectivity index (χ0v) is 19.3. The summed E-state index contributed by atoms with van der Waals surface area (Å²) in [5.41, 5.74) is 4.88. The summed E-state index contributed by atoms with van der Waals surface area (Å²) in [6.07, 6.45) is 8.48. The van der Waals surface area contributed by atoms with E-state index < -0.39 is 13.7 Å². The first kappa shape index (κ1) is 24.1. The lowest BCUT2D eigenvalue weighted by atomic mass is 10.1. The number of anilines is 1. The fourth-order valence-corrected chi connectivity index (χ4v) is 10.1. The summed E-state index contributed by atoms with van der Waals surface area (Å²) in [6, 6.07) is 17.1. The van der Waals surface area contributed by atoms with Gasteiger partial charge in [0.05, 0.1) is 18.5 Å². The standard InChI is InChI=1S/C24H32NOP.CH2O2/c1-4-22(24(26)25-23-19(2)12-11-13-20(23)3)27(16-9-6-10-17-27)18-21-14-7-5-8-15-21;2-1-3/h5,7-8,11-15,22H,4,6,9-10,16-18H2,1-3H3;1H,(H,2,3). The maximum atomic E-state index is 13.5. The Balaban J connectivity index is 0.00000101. The van der Waals surface area contributed by atoms with E-state index in [0.29, 0.717) is 0 Å². The fourth-order valence-electron chi connectivity index (χ4n) is 4.71. The minimum Gasteiger partial charge on any atom is -0.554 e. The van der Waals surface area contributed by atoms with E-state index in [-0.39, 0.29) is 11.6 Å². The van der Waals surface area contributed by atoms with E-state index in [9.17, 15) is 4.79 Å². The van der Waals surface area contributed by atoms with Gasteiger partial charge in [-0.05, 0) is 56.2 Å². The maximum absolute atomic E-state index is 13.5. The Morgan fingerprint density at radius 3 is 2.13 bits per heavy atom. The first-order valence-corrected chi connectivity index (χ1v) is 13.2. The summed E-state index contributed by atoms with van der Waals surface area (Å²) < 4.78 is 0. The summed E-state index contributed by atoms with van der Waals surface area (Å²) in [5, 5.41) is 11.6. The predicted molar refractivity (Wildman–Crippen MR) is 125 cm³/mol. The molecule has 1 amide bonds.